The summed E-state index contributed by atoms with van der Waals surface area (Å²) in [5.41, 5.74) is 0.936. The van der Waals surface area contributed by atoms with Crippen LogP contribution in [0, 0.1) is 5.82 Å². The number of aryl methyl sites for hydroxylation is 1. The smallest absolute Gasteiger partial charge is 0.336 e. The molecule has 0 unspecified atom stereocenters. The summed E-state index contributed by atoms with van der Waals surface area (Å²) >= 11 is 0. The maximum absolute atomic E-state index is 13.4. The molecule has 0 saturated heterocycles. The number of halogens is 1. The average Bonchev–Trinajstić information content (AvgIpc) is 2.64. The number of benzene rings is 2. The predicted molar refractivity (Wildman–Crippen MR) is 94.6 cm³/mol. The van der Waals surface area contributed by atoms with E-state index in [2.05, 4.69) is 0 Å². The lowest BCUT2D eigenvalue weighted by molar-refractivity contribution is 0.0918. The lowest BCUT2D eigenvalue weighted by Crippen LogP contribution is -2.13. The summed E-state index contributed by atoms with van der Waals surface area (Å²) in [5.74, 6) is -0.311. The Hall–Kier alpha value is -3.15. The lowest BCUT2D eigenvalue weighted by Gasteiger charge is -2.10. The van der Waals surface area contributed by atoms with E-state index in [9.17, 15) is 14.0 Å². The van der Waals surface area contributed by atoms with Crippen LogP contribution in [-0.2, 0) is 6.42 Å². The molecular weight excluding hydrogens is 339 g/mol. The molecule has 1 aromatic heterocycles. The fourth-order valence-electron chi connectivity index (χ4n) is 2.72. The minimum Gasteiger partial charge on any atom is -0.496 e. The SMILES string of the molecule is CCc1cc(=O)oc2cc(OCC(=O)c3cc(F)ccc3OC)ccc12. The zero-order valence-electron chi connectivity index (χ0n) is 14.4. The number of carbonyl (C=O) groups excluding carboxylic acids is 1. The standard InChI is InChI=1S/C20H17FO5/c1-3-12-8-20(23)26-19-10-14(5-6-15(12)19)25-11-17(22)16-9-13(21)4-7-18(16)24-2/h4-10H,3,11H2,1-2H3. The Labute approximate surface area is 149 Å². The van der Waals surface area contributed by atoms with Crippen molar-refractivity contribution in [2.45, 2.75) is 13.3 Å². The molecule has 0 radical (unpaired) electrons. The number of Topliss-reactive ketones (excluding diaryl/α,β-unsaturated/α-hetero) is 1. The number of hydrogen-bond acceptors (Lipinski definition) is 5. The van der Waals surface area contributed by atoms with Gasteiger partial charge in [-0.1, -0.05) is 6.92 Å². The summed E-state index contributed by atoms with van der Waals surface area (Å²) in [6.07, 6.45) is 0.695. The zero-order chi connectivity index (χ0) is 18.7. The van der Waals surface area contributed by atoms with Gasteiger partial charge in [-0.2, -0.15) is 0 Å². The van der Waals surface area contributed by atoms with Crippen LogP contribution >= 0.6 is 0 Å². The first-order valence-corrected chi connectivity index (χ1v) is 8.08. The molecule has 0 N–H and O–H groups in total. The molecule has 1 heterocycles. The Morgan fingerprint density at radius 3 is 2.69 bits per heavy atom. The first kappa shape index (κ1) is 17.7. The van der Waals surface area contributed by atoms with E-state index in [1.54, 1.807) is 18.2 Å². The first-order valence-electron chi connectivity index (χ1n) is 8.08. The van der Waals surface area contributed by atoms with E-state index >= 15 is 0 Å². The molecule has 134 valence electrons. The van der Waals surface area contributed by atoms with Gasteiger partial charge in [-0.05, 0) is 42.3 Å². The van der Waals surface area contributed by atoms with Crippen molar-refractivity contribution in [3.05, 3.63) is 69.8 Å². The molecule has 0 atom stereocenters. The summed E-state index contributed by atoms with van der Waals surface area (Å²) in [4.78, 5) is 23.9. The number of ketones is 1. The number of carbonyl (C=O) groups is 1. The molecule has 0 aliphatic rings. The Bertz CT molecular complexity index is 1020. The maximum atomic E-state index is 13.4. The quantitative estimate of drug-likeness (QED) is 0.497. The van der Waals surface area contributed by atoms with Crippen LogP contribution in [0.15, 0.2) is 51.7 Å². The van der Waals surface area contributed by atoms with E-state index in [1.807, 2.05) is 6.92 Å². The Kier molecular flexibility index (Phi) is 5.02. The predicted octanol–water partition coefficient (Wildman–Crippen LogP) is 3.76. The fraction of sp³-hybridized carbons (Fsp3) is 0.200. The summed E-state index contributed by atoms with van der Waals surface area (Å²) < 4.78 is 29.2. The molecule has 2 aromatic carbocycles. The van der Waals surface area contributed by atoms with Gasteiger partial charge >= 0.3 is 5.63 Å². The Morgan fingerprint density at radius 1 is 1.15 bits per heavy atom. The van der Waals surface area contributed by atoms with Gasteiger partial charge in [0, 0.05) is 17.5 Å². The molecule has 0 fully saturated rings. The van der Waals surface area contributed by atoms with Gasteiger partial charge in [-0.25, -0.2) is 9.18 Å². The number of ether oxygens (including phenoxy) is 2. The molecule has 0 bridgehead atoms. The Balaban J connectivity index is 1.83. The lowest BCUT2D eigenvalue weighted by atomic mass is 10.1. The van der Waals surface area contributed by atoms with E-state index < -0.39 is 17.2 Å². The van der Waals surface area contributed by atoms with E-state index in [4.69, 9.17) is 13.9 Å². The molecule has 0 aliphatic heterocycles. The molecule has 0 spiro atoms. The number of rotatable bonds is 6. The van der Waals surface area contributed by atoms with E-state index in [1.165, 1.54) is 25.3 Å². The van der Waals surface area contributed by atoms with Crippen LogP contribution in [0.5, 0.6) is 11.5 Å². The normalized spacial score (nSPS) is 10.7. The second-order valence-corrected chi connectivity index (χ2v) is 5.66. The third-order valence-corrected chi connectivity index (χ3v) is 4.01. The van der Waals surface area contributed by atoms with Gasteiger partial charge in [-0.3, -0.25) is 4.79 Å². The second-order valence-electron chi connectivity index (χ2n) is 5.66. The summed E-state index contributed by atoms with van der Waals surface area (Å²) in [7, 11) is 1.40. The van der Waals surface area contributed by atoms with E-state index in [-0.39, 0.29) is 17.9 Å². The molecule has 5 nitrogen and oxygen atoms in total. The van der Waals surface area contributed by atoms with Crippen molar-refractivity contribution in [3.63, 3.8) is 0 Å². The van der Waals surface area contributed by atoms with Gasteiger partial charge in [0.2, 0.25) is 5.78 Å². The highest BCUT2D eigenvalue weighted by Gasteiger charge is 2.15. The van der Waals surface area contributed by atoms with Crippen molar-refractivity contribution in [2.75, 3.05) is 13.7 Å². The van der Waals surface area contributed by atoms with Gasteiger partial charge < -0.3 is 13.9 Å². The molecular formula is C20H17FO5. The van der Waals surface area contributed by atoms with Crippen LogP contribution < -0.4 is 15.1 Å². The first-order chi connectivity index (χ1) is 12.5. The molecule has 6 heteroatoms. The van der Waals surface area contributed by atoms with Crippen molar-refractivity contribution >= 4 is 16.8 Å². The van der Waals surface area contributed by atoms with Crippen molar-refractivity contribution in [1.29, 1.82) is 0 Å². The largest absolute Gasteiger partial charge is 0.496 e. The second kappa shape index (κ2) is 7.39. The number of fused-ring (bicyclic) bond motifs is 1. The number of methoxy groups -OCH3 is 1. The van der Waals surface area contributed by atoms with Crippen molar-refractivity contribution in [2.24, 2.45) is 0 Å². The fourth-order valence-corrected chi connectivity index (χ4v) is 2.72. The molecule has 0 saturated carbocycles. The highest BCUT2D eigenvalue weighted by atomic mass is 19.1. The molecule has 0 amide bonds. The van der Waals surface area contributed by atoms with Crippen molar-refractivity contribution in [3.8, 4) is 11.5 Å². The van der Waals surface area contributed by atoms with Crippen LogP contribution in [0.3, 0.4) is 0 Å². The minimum absolute atomic E-state index is 0.105. The van der Waals surface area contributed by atoms with Crippen molar-refractivity contribution < 1.29 is 23.1 Å². The summed E-state index contributed by atoms with van der Waals surface area (Å²) in [6, 6.07) is 10.2. The minimum atomic E-state index is -0.534. The van der Waals surface area contributed by atoms with Crippen LogP contribution in [0.2, 0.25) is 0 Å². The van der Waals surface area contributed by atoms with Crippen LogP contribution in [0.25, 0.3) is 11.0 Å². The number of hydrogen-bond donors (Lipinski definition) is 0. The van der Waals surface area contributed by atoms with Crippen LogP contribution in [0.4, 0.5) is 4.39 Å². The molecule has 26 heavy (non-hydrogen) atoms. The van der Waals surface area contributed by atoms with Crippen LogP contribution in [0.1, 0.15) is 22.8 Å². The zero-order valence-corrected chi connectivity index (χ0v) is 14.4. The monoisotopic (exact) mass is 356 g/mol. The van der Waals surface area contributed by atoms with Gasteiger partial charge in [0.05, 0.1) is 12.7 Å². The third-order valence-electron chi connectivity index (χ3n) is 4.01. The van der Waals surface area contributed by atoms with Gasteiger partial charge in [0.15, 0.2) is 6.61 Å². The molecule has 3 aromatic rings. The molecule has 0 aliphatic carbocycles. The topological polar surface area (TPSA) is 65.7 Å². The maximum Gasteiger partial charge on any atom is 0.336 e. The van der Waals surface area contributed by atoms with E-state index in [0.717, 1.165) is 17.0 Å². The van der Waals surface area contributed by atoms with Crippen LogP contribution in [-0.4, -0.2) is 19.5 Å². The highest BCUT2D eigenvalue weighted by molar-refractivity contribution is 5.99. The summed E-state index contributed by atoms with van der Waals surface area (Å²) in [6.45, 7) is 1.65. The third kappa shape index (κ3) is 3.59. The van der Waals surface area contributed by atoms with Gasteiger partial charge in [0.25, 0.3) is 0 Å². The Morgan fingerprint density at radius 2 is 1.96 bits per heavy atom. The summed E-state index contributed by atoms with van der Waals surface area (Å²) in [5, 5.41) is 0.817. The average molecular weight is 356 g/mol. The van der Waals surface area contributed by atoms with Gasteiger partial charge in [0.1, 0.15) is 22.9 Å². The molecule has 3 rings (SSSR count). The van der Waals surface area contributed by atoms with Crippen molar-refractivity contribution in [1.82, 2.24) is 0 Å². The van der Waals surface area contributed by atoms with Gasteiger partial charge in [-0.15, -0.1) is 0 Å². The van der Waals surface area contributed by atoms with E-state index in [0.29, 0.717) is 17.8 Å². The highest BCUT2D eigenvalue weighted by Crippen LogP contribution is 2.24.